The molecule has 29 heavy (non-hydrogen) atoms. The molecule has 0 radical (unpaired) electrons. The average Bonchev–Trinajstić information content (AvgIpc) is 3.21. The summed E-state index contributed by atoms with van der Waals surface area (Å²) in [5, 5.41) is 6.52. The Bertz CT molecular complexity index is 1110. The molecule has 0 aliphatic heterocycles. The maximum atomic E-state index is 12.4. The summed E-state index contributed by atoms with van der Waals surface area (Å²) in [4.78, 5) is 14.1. The van der Waals surface area contributed by atoms with Gasteiger partial charge in [-0.25, -0.2) is 23.1 Å². The zero-order chi connectivity index (χ0) is 20.9. The molecule has 10 heteroatoms. The molecule has 3 aromatic rings. The van der Waals surface area contributed by atoms with Crippen LogP contribution in [0, 0.1) is 0 Å². The van der Waals surface area contributed by atoms with Crippen LogP contribution in [-0.4, -0.2) is 37.9 Å². The van der Waals surface area contributed by atoms with Crippen LogP contribution in [0.25, 0.3) is 10.6 Å². The summed E-state index contributed by atoms with van der Waals surface area (Å²) in [6.45, 7) is 2.14. The summed E-state index contributed by atoms with van der Waals surface area (Å²) >= 11 is 1.49. The number of aromatic nitrogens is 2. The van der Waals surface area contributed by atoms with Gasteiger partial charge >= 0.3 is 0 Å². The summed E-state index contributed by atoms with van der Waals surface area (Å²) in [6, 6.07) is 12.7. The van der Waals surface area contributed by atoms with E-state index < -0.39 is 10.0 Å². The number of nitrogens with one attached hydrogen (secondary N) is 1. The van der Waals surface area contributed by atoms with Crippen LogP contribution in [-0.2, 0) is 21.3 Å². The largest absolute Gasteiger partial charge is 0.394 e. The highest BCUT2D eigenvalue weighted by molar-refractivity contribution is 7.89. The molecule has 0 saturated carbocycles. The fraction of sp³-hybridized carbons (Fsp3) is 0.211. The molecule has 0 atom stereocenters. The van der Waals surface area contributed by atoms with E-state index in [9.17, 15) is 8.42 Å². The molecule has 3 rings (SSSR count). The van der Waals surface area contributed by atoms with E-state index >= 15 is 0 Å². The first-order chi connectivity index (χ1) is 13.9. The highest BCUT2D eigenvalue weighted by Crippen LogP contribution is 2.25. The van der Waals surface area contributed by atoms with Crippen molar-refractivity contribution >= 4 is 27.2 Å². The maximum Gasteiger partial charge on any atom is 0.242 e. The fourth-order valence-corrected chi connectivity index (χ4v) is 4.29. The number of amidine groups is 1. The lowest BCUT2D eigenvalue weighted by Crippen LogP contribution is -2.23. The zero-order valence-corrected chi connectivity index (χ0v) is 17.6. The van der Waals surface area contributed by atoms with Crippen LogP contribution in [0.2, 0.25) is 0 Å². The summed E-state index contributed by atoms with van der Waals surface area (Å²) in [6.07, 6.45) is 0.231. The third kappa shape index (κ3) is 4.97. The SMILES string of the molecule is CCO/N=C(\N)c1ccc(S(=O)(=O)NC)c(Cc2csc(-c3ccccc3)n2)n1. The van der Waals surface area contributed by atoms with E-state index in [4.69, 9.17) is 10.6 Å². The molecule has 0 amide bonds. The van der Waals surface area contributed by atoms with Crippen LogP contribution < -0.4 is 10.5 Å². The van der Waals surface area contributed by atoms with Crippen LogP contribution in [0.3, 0.4) is 0 Å². The standard InChI is InChI=1S/C19H21N5O3S2/c1-3-27-24-18(20)15-9-10-17(29(25,26)21-2)16(23-15)11-14-12-28-19(22-14)13-7-5-4-6-8-13/h4-10,12,21H,3,11H2,1-2H3,(H2,20,24). The van der Waals surface area contributed by atoms with Gasteiger partial charge < -0.3 is 10.6 Å². The topological polar surface area (TPSA) is 120 Å². The first-order valence-electron chi connectivity index (χ1n) is 8.83. The van der Waals surface area contributed by atoms with Gasteiger partial charge in [-0.2, -0.15) is 0 Å². The minimum absolute atomic E-state index is 0.0715. The van der Waals surface area contributed by atoms with Gasteiger partial charge in [0, 0.05) is 17.4 Å². The lowest BCUT2D eigenvalue weighted by molar-refractivity contribution is 0.158. The third-order valence-electron chi connectivity index (χ3n) is 3.97. The number of hydrogen-bond donors (Lipinski definition) is 2. The normalized spacial score (nSPS) is 12.1. The molecule has 8 nitrogen and oxygen atoms in total. The monoisotopic (exact) mass is 431 g/mol. The number of hydrogen-bond acceptors (Lipinski definition) is 7. The Balaban J connectivity index is 1.99. The Morgan fingerprint density at radius 1 is 1.21 bits per heavy atom. The summed E-state index contributed by atoms with van der Waals surface area (Å²) in [5.41, 5.74) is 8.28. The van der Waals surface area contributed by atoms with Gasteiger partial charge in [-0.1, -0.05) is 35.5 Å². The molecule has 2 aromatic heterocycles. The summed E-state index contributed by atoms with van der Waals surface area (Å²) in [7, 11) is -2.35. The van der Waals surface area contributed by atoms with E-state index in [0.717, 1.165) is 10.6 Å². The molecular formula is C19H21N5O3S2. The molecule has 1 aromatic carbocycles. The second kappa shape index (κ2) is 9.12. The van der Waals surface area contributed by atoms with Gasteiger partial charge in [-0.05, 0) is 26.1 Å². The molecule has 0 aliphatic rings. The Morgan fingerprint density at radius 2 is 1.97 bits per heavy atom. The van der Waals surface area contributed by atoms with Crippen LogP contribution in [0.15, 0.2) is 57.9 Å². The van der Waals surface area contributed by atoms with Crippen LogP contribution >= 0.6 is 11.3 Å². The summed E-state index contributed by atoms with van der Waals surface area (Å²) in [5.74, 6) is 0.0739. The third-order valence-corrected chi connectivity index (χ3v) is 6.39. The number of oxime groups is 1. The molecule has 152 valence electrons. The Kier molecular flexibility index (Phi) is 6.57. The highest BCUT2D eigenvalue weighted by atomic mass is 32.2. The van der Waals surface area contributed by atoms with Gasteiger partial charge in [0.15, 0.2) is 5.84 Å². The average molecular weight is 432 g/mol. The molecule has 0 bridgehead atoms. The number of rotatable bonds is 8. The van der Waals surface area contributed by atoms with Crippen molar-refractivity contribution in [2.24, 2.45) is 10.9 Å². The number of nitrogens with zero attached hydrogens (tertiary/aromatic N) is 3. The van der Waals surface area contributed by atoms with Gasteiger partial charge in [0.25, 0.3) is 0 Å². The number of benzene rings is 1. The second-order valence-electron chi connectivity index (χ2n) is 5.93. The van der Waals surface area contributed by atoms with Gasteiger partial charge in [0.05, 0.1) is 11.4 Å². The molecule has 0 unspecified atom stereocenters. The number of sulfonamides is 1. The Morgan fingerprint density at radius 3 is 2.66 bits per heavy atom. The van der Waals surface area contributed by atoms with E-state index in [1.54, 1.807) is 6.92 Å². The first kappa shape index (κ1) is 20.9. The molecule has 0 spiro atoms. The maximum absolute atomic E-state index is 12.4. The fourth-order valence-electron chi connectivity index (χ4n) is 2.57. The second-order valence-corrected chi connectivity index (χ2v) is 8.64. The number of nitrogens with two attached hydrogens (primary N) is 1. The van der Waals surface area contributed by atoms with Crippen molar-refractivity contribution in [3.63, 3.8) is 0 Å². The van der Waals surface area contributed by atoms with E-state index in [2.05, 4.69) is 19.8 Å². The van der Waals surface area contributed by atoms with Crippen LogP contribution in [0.5, 0.6) is 0 Å². The predicted octanol–water partition coefficient (Wildman–Crippen LogP) is 2.36. The van der Waals surface area contributed by atoms with Crippen molar-refractivity contribution in [2.45, 2.75) is 18.2 Å². The Labute approximate surface area is 173 Å². The quantitative estimate of drug-likeness (QED) is 0.321. The van der Waals surface area contributed by atoms with Gasteiger partial charge in [-0.3, -0.25) is 0 Å². The van der Waals surface area contributed by atoms with Crippen molar-refractivity contribution in [3.05, 3.63) is 64.9 Å². The minimum atomic E-state index is -3.70. The first-order valence-corrected chi connectivity index (χ1v) is 11.2. The molecule has 0 saturated heterocycles. The molecule has 0 aliphatic carbocycles. The van der Waals surface area contributed by atoms with Crippen LogP contribution in [0.4, 0.5) is 0 Å². The van der Waals surface area contributed by atoms with E-state index in [0.29, 0.717) is 23.7 Å². The van der Waals surface area contributed by atoms with Crippen molar-refractivity contribution in [3.8, 4) is 10.6 Å². The van der Waals surface area contributed by atoms with E-state index in [1.165, 1.54) is 30.5 Å². The molecule has 0 fully saturated rings. The van der Waals surface area contributed by atoms with Crippen molar-refractivity contribution < 1.29 is 13.3 Å². The minimum Gasteiger partial charge on any atom is -0.394 e. The highest BCUT2D eigenvalue weighted by Gasteiger charge is 2.20. The van der Waals surface area contributed by atoms with E-state index in [-0.39, 0.29) is 17.2 Å². The van der Waals surface area contributed by atoms with Crippen LogP contribution in [0.1, 0.15) is 24.0 Å². The lowest BCUT2D eigenvalue weighted by atomic mass is 10.2. The van der Waals surface area contributed by atoms with Crippen molar-refractivity contribution in [1.82, 2.24) is 14.7 Å². The van der Waals surface area contributed by atoms with Crippen molar-refractivity contribution in [1.29, 1.82) is 0 Å². The van der Waals surface area contributed by atoms with Crippen molar-refractivity contribution in [2.75, 3.05) is 13.7 Å². The number of thiazole rings is 1. The van der Waals surface area contributed by atoms with Gasteiger partial charge in [0.1, 0.15) is 22.2 Å². The molecule has 3 N–H and O–H groups in total. The molecule has 2 heterocycles. The van der Waals surface area contributed by atoms with E-state index in [1.807, 2.05) is 35.7 Å². The Hall–Kier alpha value is -2.82. The smallest absolute Gasteiger partial charge is 0.242 e. The van der Waals surface area contributed by atoms with Gasteiger partial charge in [0.2, 0.25) is 10.0 Å². The molecular weight excluding hydrogens is 410 g/mol. The zero-order valence-electron chi connectivity index (χ0n) is 16.0. The summed E-state index contributed by atoms with van der Waals surface area (Å²) < 4.78 is 27.2. The number of pyridine rings is 1. The predicted molar refractivity (Wildman–Crippen MR) is 113 cm³/mol. The van der Waals surface area contributed by atoms with Gasteiger partial charge in [-0.15, -0.1) is 11.3 Å². The lowest BCUT2D eigenvalue weighted by Gasteiger charge is -2.10.